The number of aromatic amines is 1. The third-order valence-corrected chi connectivity index (χ3v) is 4.90. The average Bonchev–Trinajstić information content (AvgIpc) is 3.15. The Morgan fingerprint density at radius 3 is 2.82 bits per heavy atom. The van der Waals surface area contributed by atoms with Gasteiger partial charge < -0.3 is 19.5 Å². The number of aromatic nitrogens is 5. The lowest BCUT2D eigenvalue weighted by Crippen LogP contribution is -2.45. The van der Waals surface area contributed by atoms with E-state index in [4.69, 9.17) is 9.26 Å². The van der Waals surface area contributed by atoms with Gasteiger partial charge in [-0.25, -0.2) is 14.5 Å². The predicted molar refractivity (Wildman–Crippen MR) is 106 cm³/mol. The van der Waals surface area contributed by atoms with Crippen molar-refractivity contribution in [2.75, 3.05) is 29.9 Å². The fourth-order valence-corrected chi connectivity index (χ4v) is 3.30. The molecule has 4 rings (SSSR count). The fraction of sp³-hybridized carbons (Fsp3) is 0.421. The molecular weight excluding hydrogens is 450 g/mol. The van der Waals surface area contributed by atoms with Crippen LogP contribution in [0.2, 0.25) is 0 Å². The second-order valence-electron chi connectivity index (χ2n) is 7.53. The standard InChI is InChI=1S/C19H19F4N7O3/c1-10(26-13-5-25-28-18(31)16(13)19(21,22)23)8-32-9-15-27-17(29-33-15)11-6-30(7-11)14-3-2-12(20)4-24-14/h2-5,10-11H,6-9H2,1H3,(H2,26,28,31). The Hall–Kier alpha value is -3.55. The van der Waals surface area contributed by atoms with E-state index in [1.165, 1.54) is 6.07 Å². The smallest absolute Gasteiger partial charge is 0.378 e. The number of hydrogen-bond donors (Lipinski definition) is 2. The Morgan fingerprint density at radius 1 is 1.33 bits per heavy atom. The Labute approximate surface area is 184 Å². The molecule has 0 bridgehead atoms. The number of H-pyrrole nitrogens is 1. The molecule has 2 N–H and O–H groups in total. The molecule has 1 aliphatic rings. The van der Waals surface area contributed by atoms with Crippen LogP contribution in [0.5, 0.6) is 0 Å². The molecule has 0 aliphatic carbocycles. The summed E-state index contributed by atoms with van der Waals surface area (Å²) < 4.78 is 62.9. The highest BCUT2D eigenvalue weighted by atomic mass is 19.4. The van der Waals surface area contributed by atoms with Crippen LogP contribution in [0.3, 0.4) is 0 Å². The Kier molecular flexibility index (Phi) is 6.26. The molecule has 1 aliphatic heterocycles. The minimum absolute atomic E-state index is 0.00918. The molecule has 4 heterocycles. The summed E-state index contributed by atoms with van der Waals surface area (Å²) in [7, 11) is 0. The number of anilines is 2. The first kappa shape index (κ1) is 22.6. The molecule has 1 saturated heterocycles. The number of nitrogens with one attached hydrogen (secondary N) is 2. The van der Waals surface area contributed by atoms with E-state index in [9.17, 15) is 22.4 Å². The Balaban J connectivity index is 1.25. The van der Waals surface area contributed by atoms with Gasteiger partial charge >= 0.3 is 6.18 Å². The van der Waals surface area contributed by atoms with Crippen LogP contribution in [0.1, 0.15) is 30.1 Å². The van der Waals surface area contributed by atoms with Crippen molar-refractivity contribution in [3.63, 3.8) is 0 Å². The molecule has 0 saturated carbocycles. The molecule has 3 aromatic heterocycles. The number of pyridine rings is 1. The minimum Gasteiger partial charge on any atom is -0.378 e. The van der Waals surface area contributed by atoms with Gasteiger partial charge in [-0.2, -0.15) is 23.3 Å². The van der Waals surface area contributed by atoms with E-state index in [1.807, 2.05) is 4.90 Å². The molecular formula is C19H19F4N7O3. The van der Waals surface area contributed by atoms with E-state index in [1.54, 1.807) is 18.1 Å². The summed E-state index contributed by atoms with van der Waals surface area (Å²) in [6.07, 6.45) is -2.78. The summed E-state index contributed by atoms with van der Waals surface area (Å²) in [5.74, 6) is 1.01. The molecule has 33 heavy (non-hydrogen) atoms. The van der Waals surface area contributed by atoms with Crippen molar-refractivity contribution >= 4 is 11.5 Å². The lowest BCUT2D eigenvalue weighted by atomic mass is 9.99. The van der Waals surface area contributed by atoms with Gasteiger partial charge in [0.2, 0.25) is 0 Å². The molecule has 0 spiro atoms. The predicted octanol–water partition coefficient (Wildman–Crippen LogP) is 2.33. The van der Waals surface area contributed by atoms with Crippen molar-refractivity contribution in [2.24, 2.45) is 0 Å². The maximum absolute atomic E-state index is 13.1. The highest BCUT2D eigenvalue weighted by Crippen LogP contribution is 2.32. The summed E-state index contributed by atoms with van der Waals surface area (Å²) in [4.78, 5) is 21.8. The molecule has 10 nitrogen and oxygen atoms in total. The molecule has 176 valence electrons. The first-order chi connectivity index (χ1) is 15.7. The quantitative estimate of drug-likeness (QED) is 0.479. The van der Waals surface area contributed by atoms with E-state index in [0.29, 0.717) is 24.7 Å². The highest BCUT2D eigenvalue weighted by molar-refractivity contribution is 5.50. The van der Waals surface area contributed by atoms with Gasteiger partial charge in [-0.05, 0) is 19.1 Å². The molecule has 0 amide bonds. The Bertz CT molecular complexity index is 1140. The maximum atomic E-state index is 13.1. The van der Waals surface area contributed by atoms with Crippen LogP contribution in [0.4, 0.5) is 29.1 Å². The molecule has 1 atom stereocenters. The van der Waals surface area contributed by atoms with Crippen LogP contribution in [0.15, 0.2) is 33.8 Å². The number of halogens is 4. The second-order valence-corrected chi connectivity index (χ2v) is 7.53. The fourth-order valence-electron chi connectivity index (χ4n) is 3.30. The summed E-state index contributed by atoms with van der Waals surface area (Å²) in [5.41, 5.74) is -3.12. The van der Waals surface area contributed by atoms with Crippen molar-refractivity contribution in [3.05, 3.63) is 58.0 Å². The monoisotopic (exact) mass is 469 g/mol. The molecule has 1 fully saturated rings. The van der Waals surface area contributed by atoms with Crippen LogP contribution >= 0.6 is 0 Å². The topological polar surface area (TPSA) is 122 Å². The van der Waals surface area contributed by atoms with Gasteiger partial charge in [0.25, 0.3) is 11.4 Å². The third kappa shape index (κ3) is 5.27. The zero-order valence-electron chi connectivity index (χ0n) is 17.3. The van der Waals surface area contributed by atoms with Crippen LogP contribution in [0, 0.1) is 5.82 Å². The van der Waals surface area contributed by atoms with Crippen LogP contribution < -0.4 is 15.8 Å². The molecule has 1 unspecified atom stereocenters. The second kappa shape index (κ2) is 9.13. The maximum Gasteiger partial charge on any atom is 0.423 e. The van der Waals surface area contributed by atoms with Gasteiger partial charge in [0.1, 0.15) is 23.8 Å². The van der Waals surface area contributed by atoms with E-state index in [2.05, 4.69) is 25.5 Å². The van der Waals surface area contributed by atoms with Gasteiger partial charge in [0.05, 0.1) is 30.6 Å². The average molecular weight is 469 g/mol. The molecule has 0 aromatic carbocycles. The molecule has 3 aromatic rings. The third-order valence-electron chi connectivity index (χ3n) is 4.90. The zero-order chi connectivity index (χ0) is 23.6. The summed E-state index contributed by atoms with van der Waals surface area (Å²) >= 11 is 0. The van der Waals surface area contributed by atoms with Crippen molar-refractivity contribution in [1.29, 1.82) is 0 Å². The van der Waals surface area contributed by atoms with Gasteiger partial charge in [0, 0.05) is 19.1 Å². The SMILES string of the molecule is CC(COCc1nc(C2CN(c3ccc(F)cn3)C2)no1)Nc1cn[nH]c(=O)c1C(F)(F)F. The molecule has 0 radical (unpaired) electrons. The van der Waals surface area contributed by atoms with E-state index in [-0.39, 0.29) is 25.0 Å². The van der Waals surface area contributed by atoms with Crippen LogP contribution in [0.25, 0.3) is 0 Å². The van der Waals surface area contributed by atoms with Gasteiger partial charge in [-0.3, -0.25) is 4.79 Å². The Morgan fingerprint density at radius 2 is 2.12 bits per heavy atom. The number of ether oxygens (including phenoxy) is 1. The first-order valence-electron chi connectivity index (χ1n) is 9.89. The van der Waals surface area contributed by atoms with Crippen molar-refractivity contribution in [3.8, 4) is 0 Å². The van der Waals surface area contributed by atoms with E-state index in [0.717, 1.165) is 12.4 Å². The van der Waals surface area contributed by atoms with Crippen LogP contribution in [-0.2, 0) is 17.5 Å². The van der Waals surface area contributed by atoms with Gasteiger partial charge in [0.15, 0.2) is 5.82 Å². The van der Waals surface area contributed by atoms with Crippen molar-refractivity contribution < 1.29 is 26.8 Å². The summed E-state index contributed by atoms with van der Waals surface area (Å²) in [6, 6.07) is 2.36. The lowest BCUT2D eigenvalue weighted by molar-refractivity contribution is -0.138. The van der Waals surface area contributed by atoms with Gasteiger partial charge in [-0.15, -0.1) is 0 Å². The minimum atomic E-state index is -4.83. The normalized spacial score (nSPS) is 15.4. The largest absolute Gasteiger partial charge is 0.423 e. The van der Waals surface area contributed by atoms with Crippen molar-refractivity contribution in [2.45, 2.75) is 31.7 Å². The summed E-state index contributed by atoms with van der Waals surface area (Å²) in [5, 5.41) is 11.7. The van der Waals surface area contributed by atoms with Gasteiger partial charge in [-0.1, -0.05) is 5.16 Å². The van der Waals surface area contributed by atoms with Crippen LogP contribution in [-0.4, -0.2) is 51.1 Å². The zero-order valence-corrected chi connectivity index (χ0v) is 17.3. The van der Waals surface area contributed by atoms with Crippen molar-refractivity contribution in [1.82, 2.24) is 25.3 Å². The first-order valence-corrected chi connectivity index (χ1v) is 9.89. The highest BCUT2D eigenvalue weighted by Gasteiger charge is 2.37. The number of alkyl halides is 3. The lowest BCUT2D eigenvalue weighted by Gasteiger charge is -2.38. The molecule has 14 heteroatoms. The number of rotatable bonds is 8. The number of hydrogen-bond acceptors (Lipinski definition) is 9. The number of nitrogens with zero attached hydrogens (tertiary/aromatic N) is 5. The van der Waals surface area contributed by atoms with E-state index < -0.39 is 34.8 Å². The van der Waals surface area contributed by atoms with E-state index >= 15 is 0 Å². The summed E-state index contributed by atoms with van der Waals surface area (Å²) in [6.45, 7) is 2.77.